The van der Waals surface area contributed by atoms with E-state index in [0.29, 0.717) is 11.2 Å². The van der Waals surface area contributed by atoms with Crippen LogP contribution in [0.2, 0.25) is 0 Å². The van der Waals surface area contributed by atoms with Crippen LogP contribution in [0.15, 0.2) is 9.59 Å². The lowest BCUT2D eigenvalue weighted by Gasteiger charge is -2.18. The van der Waals surface area contributed by atoms with E-state index in [1.165, 1.54) is 11.6 Å². The third-order valence-corrected chi connectivity index (χ3v) is 4.49. The minimum Gasteiger partial charge on any atom is -0.322 e. The van der Waals surface area contributed by atoms with Gasteiger partial charge in [0.25, 0.3) is 5.56 Å². The van der Waals surface area contributed by atoms with E-state index in [2.05, 4.69) is 23.7 Å². The fraction of sp³-hybridized carbons (Fsp3) is 0.688. The van der Waals surface area contributed by atoms with Crippen LogP contribution in [0, 0.1) is 0 Å². The van der Waals surface area contributed by atoms with Gasteiger partial charge >= 0.3 is 5.69 Å². The molecule has 0 saturated carbocycles. The number of imidazole rings is 1. The van der Waals surface area contributed by atoms with Gasteiger partial charge in [-0.15, -0.1) is 0 Å². The second-order valence-electron chi connectivity index (χ2n) is 5.79. The Labute approximate surface area is 136 Å². The second kappa shape index (κ2) is 7.12. The molecule has 0 aliphatic rings. The fourth-order valence-electron chi connectivity index (χ4n) is 2.99. The van der Waals surface area contributed by atoms with Crippen LogP contribution in [0.3, 0.4) is 0 Å². The smallest absolute Gasteiger partial charge is 0.322 e. The molecule has 0 bridgehead atoms. The molecule has 0 radical (unpaired) electrons. The number of hydrogen-bond donors (Lipinski definition) is 0. The molecule has 128 valence electrons. The molecule has 0 unspecified atom stereocenters. The van der Waals surface area contributed by atoms with Gasteiger partial charge in [-0.3, -0.25) is 13.9 Å². The van der Waals surface area contributed by atoms with Crippen molar-refractivity contribution in [2.24, 2.45) is 14.1 Å². The molecule has 2 aromatic heterocycles. The van der Waals surface area contributed by atoms with Gasteiger partial charge in [-0.2, -0.15) is 0 Å². The highest BCUT2D eigenvalue weighted by Crippen LogP contribution is 2.12. The van der Waals surface area contributed by atoms with E-state index < -0.39 is 0 Å². The predicted octanol–water partition coefficient (Wildman–Crippen LogP) is 0.728. The normalized spacial score (nSPS) is 11.7. The SMILES string of the molecule is CCc1nc2c(c(=O)n(C)c(=O)n2C)n1CCCN(CC)CC. The third kappa shape index (κ3) is 3.10. The van der Waals surface area contributed by atoms with Crippen LogP contribution in [-0.2, 0) is 27.1 Å². The molecule has 7 nitrogen and oxygen atoms in total. The molecule has 0 spiro atoms. The molecule has 0 N–H and O–H groups in total. The van der Waals surface area contributed by atoms with Gasteiger partial charge in [0, 0.05) is 27.1 Å². The topological polar surface area (TPSA) is 65.1 Å². The summed E-state index contributed by atoms with van der Waals surface area (Å²) >= 11 is 0. The average Bonchev–Trinajstić information content (AvgIpc) is 2.93. The first-order chi connectivity index (χ1) is 11.0. The number of nitrogens with zero attached hydrogens (tertiary/aromatic N) is 5. The summed E-state index contributed by atoms with van der Waals surface area (Å²) in [5.74, 6) is 0.859. The van der Waals surface area contributed by atoms with Crippen molar-refractivity contribution in [3.8, 4) is 0 Å². The molecule has 23 heavy (non-hydrogen) atoms. The first-order valence-corrected chi connectivity index (χ1v) is 8.33. The van der Waals surface area contributed by atoms with Crippen LogP contribution in [0.4, 0.5) is 0 Å². The lowest BCUT2D eigenvalue weighted by molar-refractivity contribution is 0.293. The van der Waals surface area contributed by atoms with Crippen molar-refractivity contribution >= 4 is 11.2 Å². The second-order valence-corrected chi connectivity index (χ2v) is 5.79. The van der Waals surface area contributed by atoms with E-state index in [-0.39, 0.29) is 11.2 Å². The summed E-state index contributed by atoms with van der Waals surface area (Å²) in [6, 6.07) is 0. The Balaban J connectivity index is 2.46. The molecular formula is C16H27N5O2. The fourth-order valence-corrected chi connectivity index (χ4v) is 2.99. The Morgan fingerprint density at radius 3 is 2.26 bits per heavy atom. The minimum atomic E-state index is -0.335. The van der Waals surface area contributed by atoms with Crippen LogP contribution in [-0.4, -0.2) is 43.2 Å². The lowest BCUT2D eigenvalue weighted by atomic mass is 10.3. The van der Waals surface area contributed by atoms with Crippen molar-refractivity contribution < 1.29 is 0 Å². The van der Waals surface area contributed by atoms with Crippen molar-refractivity contribution in [3.63, 3.8) is 0 Å². The maximum absolute atomic E-state index is 12.5. The summed E-state index contributed by atoms with van der Waals surface area (Å²) in [5, 5.41) is 0. The molecular weight excluding hydrogens is 294 g/mol. The number of aromatic nitrogens is 4. The molecule has 0 saturated heterocycles. The van der Waals surface area contributed by atoms with Crippen LogP contribution in [0.5, 0.6) is 0 Å². The Morgan fingerprint density at radius 1 is 1.04 bits per heavy atom. The molecule has 0 amide bonds. The van der Waals surface area contributed by atoms with Gasteiger partial charge in [-0.25, -0.2) is 9.78 Å². The average molecular weight is 321 g/mol. The highest BCUT2D eigenvalue weighted by Gasteiger charge is 2.17. The van der Waals surface area contributed by atoms with E-state index in [0.717, 1.165) is 49.4 Å². The Kier molecular flexibility index (Phi) is 5.41. The zero-order valence-corrected chi connectivity index (χ0v) is 14.8. The van der Waals surface area contributed by atoms with E-state index in [1.54, 1.807) is 7.05 Å². The molecule has 2 heterocycles. The molecule has 2 rings (SSSR count). The standard InChI is InChI=1S/C16H27N5O2/c1-6-12-17-14-13(15(22)19(5)16(23)18(14)4)21(12)11-9-10-20(7-2)8-3/h6-11H2,1-5H3. The Bertz CT molecular complexity index is 795. The zero-order chi connectivity index (χ0) is 17.1. The van der Waals surface area contributed by atoms with E-state index in [1.807, 2.05) is 11.5 Å². The summed E-state index contributed by atoms with van der Waals surface area (Å²) in [6.07, 6.45) is 1.68. The maximum atomic E-state index is 12.5. The van der Waals surface area contributed by atoms with Gasteiger partial charge in [-0.1, -0.05) is 20.8 Å². The van der Waals surface area contributed by atoms with E-state index in [4.69, 9.17) is 0 Å². The highest BCUT2D eigenvalue weighted by molar-refractivity contribution is 5.71. The van der Waals surface area contributed by atoms with Crippen molar-refractivity contribution in [1.29, 1.82) is 0 Å². The zero-order valence-electron chi connectivity index (χ0n) is 14.8. The number of aryl methyl sites for hydroxylation is 3. The summed E-state index contributed by atoms with van der Waals surface area (Å²) < 4.78 is 4.60. The quantitative estimate of drug-likeness (QED) is 0.754. The van der Waals surface area contributed by atoms with Gasteiger partial charge in [0.1, 0.15) is 5.82 Å². The first kappa shape index (κ1) is 17.5. The maximum Gasteiger partial charge on any atom is 0.332 e. The lowest BCUT2D eigenvalue weighted by Crippen LogP contribution is -2.37. The summed E-state index contributed by atoms with van der Waals surface area (Å²) in [4.78, 5) is 31.5. The summed E-state index contributed by atoms with van der Waals surface area (Å²) in [6.45, 7) is 10.1. The monoisotopic (exact) mass is 321 g/mol. The third-order valence-electron chi connectivity index (χ3n) is 4.49. The van der Waals surface area contributed by atoms with Crippen LogP contribution < -0.4 is 11.2 Å². The molecule has 7 heteroatoms. The van der Waals surface area contributed by atoms with Crippen molar-refractivity contribution in [1.82, 2.24) is 23.6 Å². The molecule has 0 aliphatic carbocycles. The molecule has 0 aliphatic heterocycles. The van der Waals surface area contributed by atoms with Gasteiger partial charge in [0.05, 0.1) is 0 Å². The Morgan fingerprint density at radius 2 is 1.70 bits per heavy atom. The van der Waals surface area contributed by atoms with Crippen LogP contribution in [0.25, 0.3) is 11.2 Å². The van der Waals surface area contributed by atoms with Crippen molar-refractivity contribution in [3.05, 3.63) is 26.7 Å². The molecule has 2 aromatic rings. The van der Waals surface area contributed by atoms with E-state index >= 15 is 0 Å². The van der Waals surface area contributed by atoms with Crippen LogP contribution >= 0.6 is 0 Å². The van der Waals surface area contributed by atoms with Crippen molar-refractivity contribution in [2.45, 2.75) is 40.2 Å². The van der Waals surface area contributed by atoms with Gasteiger partial charge in [-0.05, 0) is 26.1 Å². The predicted molar refractivity (Wildman–Crippen MR) is 92.0 cm³/mol. The van der Waals surface area contributed by atoms with Gasteiger partial charge in [0.2, 0.25) is 0 Å². The largest absolute Gasteiger partial charge is 0.332 e. The van der Waals surface area contributed by atoms with Gasteiger partial charge in [0.15, 0.2) is 11.2 Å². The van der Waals surface area contributed by atoms with Crippen LogP contribution in [0.1, 0.15) is 33.0 Å². The molecule has 0 aromatic carbocycles. The molecule has 0 fully saturated rings. The number of hydrogen-bond acceptors (Lipinski definition) is 4. The minimum absolute atomic E-state index is 0.266. The highest BCUT2D eigenvalue weighted by atomic mass is 16.2. The Hall–Kier alpha value is -1.89. The number of fused-ring (bicyclic) bond motifs is 1. The summed E-state index contributed by atoms with van der Waals surface area (Å²) in [5.41, 5.74) is 0.417. The van der Waals surface area contributed by atoms with Gasteiger partial charge < -0.3 is 9.47 Å². The van der Waals surface area contributed by atoms with Crippen molar-refractivity contribution in [2.75, 3.05) is 19.6 Å². The molecule has 0 atom stereocenters. The van der Waals surface area contributed by atoms with E-state index in [9.17, 15) is 9.59 Å². The summed E-state index contributed by atoms with van der Waals surface area (Å²) in [7, 11) is 3.18. The number of rotatable bonds is 7. The first-order valence-electron chi connectivity index (χ1n) is 8.33.